The minimum absolute atomic E-state index is 0.169. The number of hydrogen-bond acceptors (Lipinski definition) is 9. The predicted molar refractivity (Wildman–Crippen MR) is 217 cm³/mol. The van der Waals surface area contributed by atoms with Gasteiger partial charge in [0.15, 0.2) is 6.10 Å². The monoisotopic (exact) mass is 792 g/mol. The van der Waals surface area contributed by atoms with Crippen molar-refractivity contribution in [2.75, 3.05) is 19.8 Å². The van der Waals surface area contributed by atoms with Crippen LogP contribution < -0.4 is 5.73 Å². The molecule has 320 valence electrons. The van der Waals surface area contributed by atoms with Crippen molar-refractivity contribution in [3.63, 3.8) is 0 Å². The van der Waals surface area contributed by atoms with E-state index in [1.165, 1.54) is 141 Å². The van der Waals surface area contributed by atoms with Crippen LogP contribution in [0.2, 0.25) is 0 Å². The van der Waals surface area contributed by atoms with Gasteiger partial charge in [0.1, 0.15) is 12.6 Å². The Morgan fingerprint density at radius 3 is 1.17 bits per heavy atom. The smallest absolute Gasteiger partial charge is 0.472 e. The molecule has 0 bridgehead atoms. The van der Waals surface area contributed by atoms with Gasteiger partial charge >= 0.3 is 25.7 Å². The summed E-state index contributed by atoms with van der Waals surface area (Å²) in [4.78, 5) is 45.9. The normalized spacial score (nSPS) is 13.7. The average molecular weight is 792 g/mol. The zero-order valence-corrected chi connectivity index (χ0v) is 35.5. The van der Waals surface area contributed by atoms with E-state index in [-0.39, 0.29) is 19.4 Å². The van der Waals surface area contributed by atoms with Crippen LogP contribution in [0, 0.1) is 0 Å². The molecule has 0 amide bonds. The zero-order chi connectivity index (χ0) is 40.0. The number of nitrogens with two attached hydrogens (primary N) is 1. The zero-order valence-electron chi connectivity index (χ0n) is 34.6. The summed E-state index contributed by atoms with van der Waals surface area (Å²) in [7, 11) is -4.70. The SMILES string of the molecule is CCCCCCCCCCCCCCCCCCCCC(=O)OC[C@@H](COP(=O)(O)OC[C@@H](N)C(=O)O)OC(=O)CCCCCCCCCCCCCC. The molecule has 11 nitrogen and oxygen atoms in total. The Morgan fingerprint density at radius 2 is 0.815 bits per heavy atom. The number of phosphoric ester groups is 1. The molecule has 54 heavy (non-hydrogen) atoms. The van der Waals surface area contributed by atoms with Crippen molar-refractivity contribution < 1.29 is 47.5 Å². The molecular weight excluding hydrogens is 709 g/mol. The molecule has 0 aromatic heterocycles. The first-order valence-corrected chi connectivity index (χ1v) is 23.6. The van der Waals surface area contributed by atoms with Crippen LogP contribution in [0.15, 0.2) is 0 Å². The van der Waals surface area contributed by atoms with E-state index in [0.717, 1.165) is 38.5 Å². The van der Waals surface area contributed by atoms with Crippen LogP contribution in [0.5, 0.6) is 0 Å². The average Bonchev–Trinajstić information content (AvgIpc) is 3.14. The maximum absolute atomic E-state index is 12.6. The van der Waals surface area contributed by atoms with E-state index in [1.54, 1.807) is 0 Å². The van der Waals surface area contributed by atoms with Crippen LogP contribution >= 0.6 is 7.82 Å². The highest BCUT2D eigenvalue weighted by atomic mass is 31.2. The standard InChI is InChI=1S/C42H82NO10P/c1-3-5-7-9-11-13-15-17-18-19-20-21-22-24-25-27-29-31-33-40(44)50-35-38(36-51-54(48,49)52-37-39(43)42(46)47)53-41(45)34-32-30-28-26-23-16-14-12-10-8-6-4-2/h38-39H,3-37,43H2,1-2H3,(H,46,47)(H,48,49)/t38-,39+/m0/s1. The number of carbonyl (C=O) groups is 3. The summed E-state index contributed by atoms with van der Waals surface area (Å²) in [5, 5.41) is 8.88. The Morgan fingerprint density at radius 1 is 0.500 bits per heavy atom. The maximum Gasteiger partial charge on any atom is 0.472 e. The van der Waals surface area contributed by atoms with Gasteiger partial charge in [0.25, 0.3) is 0 Å². The summed E-state index contributed by atoms with van der Waals surface area (Å²) in [6.45, 7) is 2.83. The topological polar surface area (TPSA) is 172 Å². The molecule has 0 aromatic carbocycles. The molecule has 0 fully saturated rings. The van der Waals surface area contributed by atoms with Crippen molar-refractivity contribution in [1.29, 1.82) is 0 Å². The van der Waals surface area contributed by atoms with Gasteiger partial charge in [0.05, 0.1) is 13.2 Å². The highest BCUT2D eigenvalue weighted by Gasteiger charge is 2.28. The molecular formula is C42H82NO10P. The van der Waals surface area contributed by atoms with Crippen molar-refractivity contribution in [1.82, 2.24) is 0 Å². The number of unbranched alkanes of at least 4 members (excludes halogenated alkanes) is 28. The third-order valence-corrected chi connectivity index (χ3v) is 10.8. The number of aliphatic carboxylic acids is 1. The van der Waals surface area contributed by atoms with E-state index in [1.807, 2.05) is 0 Å². The van der Waals surface area contributed by atoms with E-state index >= 15 is 0 Å². The first-order chi connectivity index (χ1) is 26.1. The quantitative estimate of drug-likeness (QED) is 0.0305. The Bertz CT molecular complexity index is 937. The molecule has 0 rings (SSSR count). The summed E-state index contributed by atoms with van der Waals surface area (Å²) in [5.74, 6) is -2.36. The fourth-order valence-electron chi connectivity index (χ4n) is 6.36. The van der Waals surface area contributed by atoms with E-state index in [2.05, 4.69) is 18.4 Å². The molecule has 0 saturated heterocycles. The number of hydrogen-bond donors (Lipinski definition) is 3. The lowest BCUT2D eigenvalue weighted by Gasteiger charge is -2.20. The van der Waals surface area contributed by atoms with E-state index in [0.29, 0.717) is 12.8 Å². The summed E-state index contributed by atoms with van der Waals surface area (Å²) in [6, 6.07) is -1.52. The van der Waals surface area contributed by atoms with Gasteiger partial charge in [0, 0.05) is 12.8 Å². The van der Waals surface area contributed by atoms with Gasteiger partial charge in [-0.1, -0.05) is 194 Å². The van der Waals surface area contributed by atoms with Crippen LogP contribution in [0.3, 0.4) is 0 Å². The van der Waals surface area contributed by atoms with Crippen LogP contribution in [0.4, 0.5) is 0 Å². The van der Waals surface area contributed by atoms with E-state index in [9.17, 15) is 23.8 Å². The van der Waals surface area contributed by atoms with Crippen molar-refractivity contribution in [2.45, 2.75) is 231 Å². The molecule has 3 atom stereocenters. The molecule has 0 aliphatic heterocycles. The van der Waals surface area contributed by atoms with E-state index < -0.39 is 51.1 Å². The van der Waals surface area contributed by atoms with Gasteiger partial charge in [-0.15, -0.1) is 0 Å². The Balaban J connectivity index is 4.26. The lowest BCUT2D eigenvalue weighted by Crippen LogP contribution is -2.34. The summed E-state index contributed by atoms with van der Waals surface area (Å²) in [6.07, 6.45) is 35.9. The van der Waals surface area contributed by atoms with E-state index in [4.69, 9.17) is 24.8 Å². The Kier molecular flexibility index (Phi) is 37.3. The van der Waals surface area contributed by atoms with Crippen molar-refractivity contribution in [3.8, 4) is 0 Å². The molecule has 0 spiro atoms. The Hall–Kier alpha value is -1.52. The fraction of sp³-hybridized carbons (Fsp3) is 0.929. The van der Waals surface area contributed by atoms with Crippen LogP contribution in [0.25, 0.3) is 0 Å². The number of carboxylic acids is 1. The fourth-order valence-corrected chi connectivity index (χ4v) is 7.14. The highest BCUT2D eigenvalue weighted by molar-refractivity contribution is 7.47. The summed E-state index contributed by atoms with van der Waals surface area (Å²) >= 11 is 0. The summed E-state index contributed by atoms with van der Waals surface area (Å²) < 4.78 is 32.7. The predicted octanol–water partition coefficient (Wildman–Crippen LogP) is 11.5. The van der Waals surface area contributed by atoms with Crippen LogP contribution in [0.1, 0.15) is 219 Å². The molecule has 1 unspecified atom stereocenters. The van der Waals surface area contributed by atoms with Crippen LogP contribution in [-0.4, -0.2) is 59.9 Å². The second-order valence-corrected chi connectivity index (χ2v) is 16.7. The van der Waals surface area contributed by atoms with Crippen molar-refractivity contribution in [2.24, 2.45) is 5.73 Å². The van der Waals surface area contributed by atoms with Gasteiger partial charge in [-0.2, -0.15) is 0 Å². The van der Waals surface area contributed by atoms with Gasteiger partial charge in [-0.25, -0.2) is 4.57 Å². The lowest BCUT2D eigenvalue weighted by atomic mass is 10.0. The molecule has 0 heterocycles. The molecule has 4 N–H and O–H groups in total. The summed E-state index contributed by atoms with van der Waals surface area (Å²) in [5.41, 5.74) is 5.33. The van der Waals surface area contributed by atoms with Crippen molar-refractivity contribution in [3.05, 3.63) is 0 Å². The minimum Gasteiger partial charge on any atom is -0.480 e. The number of rotatable bonds is 42. The van der Waals surface area contributed by atoms with Crippen molar-refractivity contribution >= 4 is 25.7 Å². The van der Waals surface area contributed by atoms with Gasteiger partial charge in [0.2, 0.25) is 0 Å². The third kappa shape index (κ3) is 37.4. The molecule has 0 aliphatic rings. The number of carboxylic acid groups (broad SMARTS) is 1. The second-order valence-electron chi connectivity index (χ2n) is 15.2. The molecule has 0 radical (unpaired) electrons. The molecule has 0 aliphatic carbocycles. The van der Waals surface area contributed by atoms with Gasteiger partial charge in [-0.3, -0.25) is 23.4 Å². The second kappa shape index (κ2) is 38.4. The number of phosphoric acid groups is 1. The van der Waals surface area contributed by atoms with Gasteiger partial charge in [-0.05, 0) is 12.8 Å². The lowest BCUT2D eigenvalue weighted by molar-refractivity contribution is -0.161. The minimum atomic E-state index is -4.70. The molecule has 0 saturated carbocycles. The number of carbonyl (C=O) groups excluding carboxylic acids is 2. The Labute approximate surface area is 329 Å². The highest BCUT2D eigenvalue weighted by Crippen LogP contribution is 2.43. The molecule has 0 aromatic rings. The first-order valence-electron chi connectivity index (χ1n) is 22.1. The largest absolute Gasteiger partial charge is 0.480 e. The number of ether oxygens (including phenoxy) is 2. The number of esters is 2. The third-order valence-electron chi connectivity index (χ3n) is 9.86. The molecule has 12 heteroatoms. The maximum atomic E-state index is 12.6. The van der Waals surface area contributed by atoms with Crippen LogP contribution in [-0.2, 0) is 37.5 Å². The first kappa shape index (κ1) is 52.5. The van der Waals surface area contributed by atoms with Gasteiger partial charge < -0.3 is 25.2 Å².